The Morgan fingerprint density at radius 1 is 1.13 bits per heavy atom. The molecule has 1 unspecified atom stereocenters. The van der Waals surface area contributed by atoms with Gasteiger partial charge in [-0.2, -0.15) is 4.98 Å². The fourth-order valence-electron chi connectivity index (χ4n) is 3.82. The number of ether oxygens (including phenoxy) is 1. The summed E-state index contributed by atoms with van der Waals surface area (Å²) >= 11 is 5.70. The van der Waals surface area contributed by atoms with Crippen molar-refractivity contribution >= 4 is 22.9 Å². The predicted molar refractivity (Wildman–Crippen MR) is 125 cm³/mol. The molecule has 0 spiro atoms. The number of thiocarbonyl (C=S) groups is 1. The lowest BCUT2D eigenvalue weighted by Crippen LogP contribution is -2.46. The van der Waals surface area contributed by atoms with Crippen LogP contribution in [0.2, 0.25) is 0 Å². The molecule has 3 aromatic rings. The van der Waals surface area contributed by atoms with Gasteiger partial charge in [-0.1, -0.05) is 59.3 Å². The van der Waals surface area contributed by atoms with E-state index in [-0.39, 0.29) is 6.04 Å². The van der Waals surface area contributed by atoms with Crippen molar-refractivity contribution in [2.24, 2.45) is 0 Å². The fraction of sp³-hybridized carbons (Fsp3) is 0.292. The van der Waals surface area contributed by atoms with Crippen LogP contribution in [-0.2, 0) is 4.74 Å². The van der Waals surface area contributed by atoms with Gasteiger partial charge >= 0.3 is 0 Å². The van der Waals surface area contributed by atoms with E-state index in [1.165, 1.54) is 0 Å². The van der Waals surface area contributed by atoms with Crippen molar-refractivity contribution < 1.29 is 9.26 Å². The summed E-state index contributed by atoms with van der Waals surface area (Å²) in [5, 5.41) is 8.43. The van der Waals surface area contributed by atoms with Crippen LogP contribution in [0.4, 0.5) is 0 Å². The molecule has 0 radical (unpaired) electrons. The maximum Gasteiger partial charge on any atom is 0.258 e. The first-order valence-corrected chi connectivity index (χ1v) is 10.7. The predicted octanol–water partition coefficient (Wildman–Crippen LogP) is 4.74. The highest BCUT2D eigenvalue weighted by molar-refractivity contribution is 7.80. The highest BCUT2D eigenvalue weighted by atomic mass is 32.1. The Bertz CT molecular complexity index is 1090. The van der Waals surface area contributed by atoms with Crippen LogP contribution in [0.3, 0.4) is 0 Å². The second-order valence-corrected chi connectivity index (χ2v) is 7.97. The molecule has 0 saturated heterocycles. The molecule has 1 atom stereocenters. The maximum absolute atomic E-state index is 5.78. The van der Waals surface area contributed by atoms with Gasteiger partial charge in [0.1, 0.15) is 0 Å². The van der Waals surface area contributed by atoms with E-state index >= 15 is 0 Å². The van der Waals surface area contributed by atoms with E-state index in [4.69, 9.17) is 26.5 Å². The Labute approximate surface area is 187 Å². The molecular formula is C24H26N4O2S. The molecule has 7 heteroatoms. The smallest absolute Gasteiger partial charge is 0.258 e. The Balaban J connectivity index is 1.76. The topological polar surface area (TPSA) is 63.4 Å². The van der Waals surface area contributed by atoms with E-state index in [2.05, 4.69) is 40.5 Å². The highest BCUT2D eigenvalue weighted by Gasteiger charge is 2.33. The number of hydrogen-bond acceptors (Lipinski definition) is 5. The van der Waals surface area contributed by atoms with Gasteiger partial charge < -0.3 is 19.5 Å². The van der Waals surface area contributed by atoms with Crippen molar-refractivity contribution in [3.63, 3.8) is 0 Å². The molecule has 2 heterocycles. The molecule has 0 amide bonds. The number of hydrogen-bond donors (Lipinski definition) is 1. The van der Waals surface area contributed by atoms with Crippen LogP contribution in [0.5, 0.6) is 0 Å². The number of methoxy groups -OCH3 is 1. The SMILES string of the molecule is COCCCN1C(=S)NC(c2ccccc2)C(c2nc(-c3cccc(C)c3)no2)=C1C. The molecule has 2 aromatic carbocycles. The van der Waals surface area contributed by atoms with Gasteiger partial charge in [0.15, 0.2) is 5.11 Å². The zero-order valence-corrected chi connectivity index (χ0v) is 18.8. The quantitative estimate of drug-likeness (QED) is 0.425. The molecule has 4 rings (SSSR count). The summed E-state index contributed by atoms with van der Waals surface area (Å²) < 4.78 is 11.0. The van der Waals surface area contributed by atoms with E-state index in [9.17, 15) is 0 Å². The molecule has 1 aliphatic rings. The molecule has 0 fully saturated rings. The summed E-state index contributed by atoms with van der Waals surface area (Å²) in [6.07, 6.45) is 0.858. The van der Waals surface area contributed by atoms with Crippen molar-refractivity contribution in [3.8, 4) is 11.4 Å². The summed E-state index contributed by atoms with van der Waals surface area (Å²) in [6.45, 7) is 5.52. The number of nitrogens with zero attached hydrogens (tertiary/aromatic N) is 3. The average Bonchev–Trinajstić information content (AvgIpc) is 3.26. The van der Waals surface area contributed by atoms with Gasteiger partial charge in [-0.3, -0.25) is 0 Å². The van der Waals surface area contributed by atoms with Gasteiger partial charge in [-0.05, 0) is 44.1 Å². The number of rotatable bonds is 7. The third-order valence-electron chi connectivity index (χ3n) is 5.39. The third kappa shape index (κ3) is 4.52. The number of benzene rings is 2. The monoisotopic (exact) mass is 434 g/mol. The average molecular weight is 435 g/mol. The second kappa shape index (κ2) is 9.41. The minimum absolute atomic E-state index is 0.168. The summed E-state index contributed by atoms with van der Waals surface area (Å²) in [7, 11) is 1.71. The van der Waals surface area contributed by atoms with Crippen LogP contribution in [-0.4, -0.2) is 40.4 Å². The summed E-state index contributed by atoms with van der Waals surface area (Å²) in [4.78, 5) is 6.84. The largest absolute Gasteiger partial charge is 0.385 e. The van der Waals surface area contributed by atoms with Crippen molar-refractivity contribution in [1.82, 2.24) is 20.4 Å². The molecule has 1 N–H and O–H groups in total. The molecule has 6 nitrogen and oxygen atoms in total. The van der Waals surface area contributed by atoms with Crippen LogP contribution >= 0.6 is 12.2 Å². The minimum atomic E-state index is -0.168. The van der Waals surface area contributed by atoms with Gasteiger partial charge in [0.05, 0.1) is 11.6 Å². The van der Waals surface area contributed by atoms with Crippen molar-refractivity contribution in [2.45, 2.75) is 26.3 Å². The van der Waals surface area contributed by atoms with E-state index < -0.39 is 0 Å². The molecule has 0 aliphatic carbocycles. The van der Waals surface area contributed by atoms with Crippen molar-refractivity contribution in [1.29, 1.82) is 0 Å². The Kier molecular flexibility index (Phi) is 6.44. The van der Waals surface area contributed by atoms with Gasteiger partial charge in [-0.15, -0.1) is 0 Å². The normalized spacial score (nSPS) is 16.5. The third-order valence-corrected chi connectivity index (χ3v) is 5.73. The van der Waals surface area contributed by atoms with E-state index in [1.807, 2.05) is 43.3 Å². The van der Waals surface area contributed by atoms with Gasteiger partial charge in [0.2, 0.25) is 5.82 Å². The molecule has 0 bridgehead atoms. The molecule has 1 aliphatic heterocycles. The van der Waals surface area contributed by atoms with Crippen molar-refractivity contribution in [3.05, 3.63) is 77.3 Å². The number of allylic oxidation sites excluding steroid dienone is 1. The first-order chi connectivity index (χ1) is 15.1. The van der Waals surface area contributed by atoms with Gasteiger partial charge in [0, 0.05) is 31.5 Å². The zero-order chi connectivity index (χ0) is 21.8. The highest BCUT2D eigenvalue weighted by Crippen LogP contribution is 2.37. The van der Waals surface area contributed by atoms with Crippen LogP contribution in [0.1, 0.15) is 36.4 Å². The van der Waals surface area contributed by atoms with Crippen molar-refractivity contribution in [2.75, 3.05) is 20.3 Å². The van der Waals surface area contributed by atoms with Gasteiger partial charge in [0.25, 0.3) is 5.89 Å². The number of nitrogens with one attached hydrogen (secondary N) is 1. The van der Waals surface area contributed by atoms with Crippen LogP contribution in [0.15, 0.2) is 64.8 Å². The first kappa shape index (κ1) is 21.2. The summed E-state index contributed by atoms with van der Waals surface area (Å²) in [6, 6.07) is 18.1. The van der Waals surface area contributed by atoms with E-state index in [0.717, 1.165) is 40.9 Å². The lowest BCUT2D eigenvalue weighted by molar-refractivity contribution is 0.188. The molecule has 160 valence electrons. The number of aryl methyl sites for hydroxylation is 1. The minimum Gasteiger partial charge on any atom is -0.385 e. The van der Waals surface area contributed by atoms with E-state index in [0.29, 0.717) is 23.4 Å². The molecular weight excluding hydrogens is 408 g/mol. The lowest BCUT2D eigenvalue weighted by atomic mass is 9.95. The Morgan fingerprint density at radius 2 is 1.94 bits per heavy atom. The summed E-state index contributed by atoms with van der Waals surface area (Å²) in [5.74, 6) is 1.07. The van der Waals surface area contributed by atoms with Crippen LogP contribution < -0.4 is 5.32 Å². The fourth-order valence-corrected chi connectivity index (χ4v) is 4.17. The standard InChI is InChI=1S/C24H26N4O2S/c1-16-9-7-12-19(15-16)22-26-23(30-27-22)20-17(2)28(13-8-14-29-3)24(31)25-21(20)18-10-5-4-6-11-18/h4-7,9-12,15,21H,8,13-14H2,1-3H3,(H,25,31). The van der Waals surface area contributed by atoms with Gasteiger partial charge in [-0.25, -0.2) is 0 Å². The number of aromatic nitrogens is 2. The lowest BCUT2D eigenvalue weighted by Gasteiger charge is -2.37. The van der Waals surface area contributed by atoms with Crippen LogP contribution in [0, 0.1) is 6.92 Å². The molecule has 0 saturated carbocycles. The maximum atomic E-state index is 5.78. The Morgan fingerprint density at radius 3 is 2.68 bits per heavy atom. The molecule has 31 heavy (non-hydrogen) atoms. The summed E-state index contributed by atoms with van der Waals surface area (Å²) in [5.41, 5.74) is 5.11. The van der Waals surface area contributed by atoms with E-state index in [1.54, 1.807) is 7.11 Å². The van der Waals surface area contributed by atoms with Crippen LogP contribution in [0.25, 0.3) is 17.0 Å². The first-order valence-electron chi connectivity index (χ1n) is 10.3. The molecule has 1 aromatic heterocycles. The Hall–Kier alpha value is -3.03. The second-order valence-electron chi connectivity index (χ2n) is 7.58. The zero-order valence-electron chi connectivity index (χ0n) is 18.0.